The van der Waals surface area contributed by atoms with Gasteiger partial charge in [-0.3, -0.25) is 9.36 Å². The number of carbonyl (C=O) groups is 1. The summed E-state index contributed by atoms with van der Waals surface area (Å²) < 4.78 is 34.3. The lowest BCUT2D eigenvalue weighted by molar-refractivity contribution is -0.870. The van der Waals surface area contributed by atoms with Crippen molar-refractivity contribution in [3.8, 4) is 0 Å². The fourth-order valence-corrected chi connectivity index (χ4v) is 5.44. The van der Waals surface area contributed by atoms with Gasteiger partial charge in [0.2, 0.25) is 0 Å². The predicted molar refractivity (Wildman–Crippen MR) is 181 cm³/mol. The molecular formula is C35H70NO7P. The second kappa shape index (κ2) is 29.6. The van der Waals surface area contributed by atoms with Gasteiger partial charge >= 0.3 is 5.97 Å². The summed E-state index contributed by atoms with van der Waals surface area (Å²) in [6.07, 6.45) is 27.8. The Morgan fingerprint density at radius 3 is 1.75 bits per heavy atom. The van der Waals surface area contributed by atoms with E-state index in [0.29, 0.717) is 24.1 Å². The number of esters is 1. The van der Waals surface area contributed by atoms with Crippen LogP contribution in [0.2, 0.25) is 0 Å². The maximum atomic E-state index is 12.5. The first-order valence-electron chi connectivity index (χ1n) is 17.9. The Morgan fingerprint density at radius 1 is 0.682 bits per heavy atom. The quantitative estimate of drug-likeness (QED) is 0.0231. The molecule has 0 aliphatic heterocycles. The van der Waals surface area contributed by atoms with E-state index in [2.05, 4.69) is 26.0 Å². The maximum Gasteiger partial charge on any atom is 0.306 e. The summed E-state index contributed by atoms with van der Waals surface area (Å²) in [7, 11) is 1.35. The number of quaternary nitrogens is 1. The lowest BCUT2D eigenvalue weighted by Gasteiger charge is -2.28. The molecule has 2 atom stereocenters. The number of phosphoric acid groups is 1. The molecule has 0 saturated carbocycles. The Balaban J connectivity index is 4.33. The molecule has 0 fully saturated rings. The molecule has 0 aromatic rings. The summed E-state index contributed by atoms with van der Waals surface area (Å²) >= 11 is 0. The highest BCUT2D eigenvalue weighted by Crippen LogP contribution is 2.38. The van der Waals surface area contributed by atoms with Crippen LogP contribution in [0.4, 0.5) is 0 Å². The van der Waals surface area contributed by atoms with Crippen molar-refractivity contribution in [2.24, 2.45) is 0 Å². The lowest BCUT2D eigenvalue weighted by Crippen LogP contribution is -2.37. The first-order chi connectivity index (χ1) is 21.1. The minimum atomic E-state index is -4.51. The van der Waals surface area contributed by atoms with Crippen LogP contribution in [0.15, 0.2) is 12.2 Å². The monoisotopic (exact) mass is 647 g/mol. The van der Waals surface area contributed by atoms with Crippen LogP contribution in [-0.4, -0.2) is 70.7 Å². The fraction of sp³-hybridized carbons (Fsp3) is 0.914. The summed E-state index contributed by atoms with van der Waals surface area (Å²) in [5, 5.41) is 0. The van der Waals surface area contributed by atoms with Crippen LogP contribution in [0.25, 0.3) is 0 Å². The van der Waals surface area contributed by atoms with Gasteiger partial charge in [-0.05, 0) is 38.5 Å². The second-order valence-electron chi connectivity index (χ2n) is 13.2. The Hall–Kier alpha value is -0.760. The first-order valence-corrected chi connectivity index (χ1v) is 19.4. The zero-order valence-corrected chi connectivity index (χ0v) is 30.3. The number of hydrogen-bond donors (Lipinski definition) is 0. The van der Waals surface area contributed by atoms with Crippen molar-refractivity contribution in [2.45, 2.75) is 155 Å². The van der Waals surface area contributed by atoms with Crippen LogP contribution in [0.3, 0.4) is 0 Å². The van der Waals surface area contributed by atoms with Crippen molar-refractivity contribution in [1.82, 2.24) is 0 Å². The van der Waals surface area contributed by atoms with Crippen molar-refractivity contribution in [3.63, 3.8) is 0 Å². The molecule has 0 bridgehead atoms. The van der Waals surface area contributed by atoms with Crippen LogP contribution in [-0.2, 0) is 27.9 Å². The minimum Gasteiger partial charge on any atom is -0.756 e. The van der Waals surface area contributed by atoms with Gasteiger partial charge < -0.3 is 27.9 Å². The van der Waals surface area contributed by atoms with Gasteiger partial charge in [0.05, 0.1) is 34.4 Å². The van der Waals surface area contributed by atoms with E-state index in [1.807, 2.05) is 21.1 Å². The van der Waals surface area contributed by atoms with Crippen molar-refractivity contribution >= 4 is 13.8 Å². The Morgan fingerprint density at radius 2 is 1.18 bits per heavy atom. The molecule has 0 aromatic heterocycles. The third kappa shape index (κ3) is 32.6. The van der Waals surface area contributed by atoms with Crippen molar-refractivity contribution in [1.29, 1.82) is 0 Å². The van der Waals surface area contributed by atoms with E-state index in [4.69, 9.17) is 18.5 Å². The van der Waals surface area contributed by atoms with Crippen LogP contribution in [0.1, 0.15) is 149 Å². The molecule has 0 aliphatic carbocycles. The van der Waals surface area contributed by atoms with Crippen LogP contribution in [0.5, 0.6) is 0 Å². The number of ether oxygens (including phenoxy) is 2. The number of rotatable bonds is 33. The van der Waals surface area contributed by atoms with E-state index in [0.717, 1.165) is 44.9 Å². The third-order valence-corrected chi connectivity index (χ3v) is 8.53. The number of likely N-dealkylation sites (N-methyl/N-ethyl adjacent to an activating group) is 1. The molecule has 0 N–H and O–H groups in total. The fourth-order valence-electron chi connectivity index (χ4n) is 4.72. The largest absolute Gasteiger partial charge is 0.756 e. The van der Waals surface area contributed by atoms with Gasteiger partial charge in [0.15, 0.2) is 0 Å². The van der Waals surface area contributed by atoms with Gasteiger partial charge in [0.25, 0.3) is 7.82 Å². The van der Waals surface area contributed by atoms with E-state index in [1.165, 1.54) is 83.5 Å². The highest BCUT2D eigenvalue weighted by Gasteiger charge is 2.20. The molecule has 0 aromatic carbocycles. The summed E-state index contributed by atoms with van der Waals surface area (Å²) in [4.78, 5) is 24.8. The van der Waals surface area contributed by atoms with E-state index in [9.17, 15) is 14.3 Å². The number of hydrogen-bond acceptors (Lipinski definition) is 7. The molecule has 0 rings (SSSR count). The summed E-state index contributed by atoms with van der Waals surface area (Å²) in [6, 6.07) is 0. The zero-order valence-electron chi connectivity index (χ0n) is 29.4. The number of phosphoric ester groups is 1. The molecule has 0 amide bonds. The highest BCUT2D eigenvalue weighted by molar-refractivity contribution is 7.45. The Kier molecular flexibility index (Phi) is 29.1. The zero-order chi connectivity index (χ0) is 32.8. The van der Waals surface area contributed by atoms with Crippen LogP contribution >= 0.6 is 7.82 Å². The molecule has 0 saturated heterocycles. The SMILES string of the molecule is CCCCCC/C=C\CCCCCCCC(=O)OC(COCCCCCCCCCCC)COP(=O)([O-])OCC[N+](C)(C)C. The summed E-state index contributed by atoms with van der Waals surface area (Å²) in [5.41, 5.74) is 0. The van der Waals surface area contributed by atoms with Crippen LogP contribution in [0, 0.1) is 0 Å². The molecule has 44 heavy (non-hydrogen) atoms. The maximum absolute atomic E-state index is 12.5. The van der Waals surface area contributed by atoms with Crippen molar-refractivity contribution < 1.29 is 37.3 Å². The van der Waals surface area contributed by atoms with Gasteiger partial charge in [-0.15, -0.1) is 0 Å². The third-order valence-electron chi connectivity index (χ3n) is 7.57. The molecule has 8 nitrogen and oxygen atoms in total. The topological polar surface area (TPSA) is 94.1 Å². The van der Waals surface area contributed by atoms with E-state index in [1.54, 1.807) is 0 Å². The van der Waals surface area contributed by atoms with Gasteiger partial charge in [-0.2, -0.15) is 0 Å². The molecular weight excluding hydrogens is 577 g/mol. The standard InChI is InChI=1S/C35H70NO7P/c1-6-8-10-12-14-16-17-18-19-20-22-24-26-28-35(37)43-34(33-42-44(38,39)41-31-29-36(3,4)5)32-40-30-27-25-23-21-15-13-11-9-7-2/h16-17,34H,6-15,18-33H2,1-5H3/b17-16-. The second-order valence-corrected chi connectivity index (χ2v) is 14.6. The molecule has 0 radical (unpaired) electrons. The molecule has 9 heteroatoms. The van der Waals surface area contributed by atoms with Crippen molar-refractivity contribution in [3.05, 3.63) is 12.2 Å². The summed E-state index contributed by atoms with van der Waals surface area (Å²) in [6.45, 7) is 5.37. The normalized spacial score (nSPS) is 14.2. The van der Waals surface area contributed by atoms with Crippen molar-refractivity contribution in [2.75, 3.05) is 54.1 Å². The van der Waals surface area contributed by atoms with Gasteiger partial charge in [-0.25, -0.2) is 0 Å². The molecule has 0 spiro atoms. The Bertz CT molecular complexity index is 726. The molecule has 2 unspecified atom stereocenters. The summed E-state index contributed by atoms with van der Waals surface area (Å²) in [5.74, 6) is -0.344. The minimum absolute atomic E-state index is 0.0270. The average molecular weight is 648 g/mol. The molecule has 0 aliphatic rings. The van der Waals surface area contributed by atoms with E-state index in [-0.39, 0.29) is 25.8 Å². The number of nitrogens with zero attached hydrogens (tertiary/aromatic N) is 1. The van der Waals surface area contributed by atoms with Gasteiger partial charge in [-0.1, -0.05) is 116 Å². The van der Waals surface area contributed by atoms with Gasteiger partial charge in [0.1, 0.15) is 19.3 Å². The van der Waals surface area contributed by atoms with E-state index >= 15 is 0 Å². The first kappa shape index (κ1) is 43.2. The lowest BCUT2D eigenvalue weighted by atomic mass is 10.1. The average Bonchev–Trinajstić information content (AvgIpc) is 2.96. The number of carbonyl (C=O) groups excluding carboxylic acids is 1. The molecule has 262 valence electrons. The number of unbranched alkanes of at least 4 members (excludes halogenated alkanes) is 17. The molecule has 0 heterocycles. The Labute approximate surface area is 271 Å². The highest BCUT2D eigenvalue weighted by atomic mass is 31.2. The predicted octanol–water partition coefficient (Wildman–Crippen LogP) is 8.91. The number of allylic oxidation sites excluding steroid dienone is 2. The van der Waals surface area contributed by atoms with E-state index < -0.39 is 13.9 Å². The van der Waals surface area contributed by atoms with Gasteiger partial charge in [0, 0.05) is 13.0 Å². The van der Waals surface area contributed by atoms with Crippen LogP contribution < -0.4 is 4.89 Å². The smallest absolute Gasteiger partial charge is 0.306 e.